The molecule has 176 valence electrons. The topological polar surface area (TPSA) is 34.0 Å². The van der Waals surface area contributed by atoms with Crippen LogP contribution in [-0.2, 0) is 13.1 Å². The van der Waals surface area contributed by atoms with Crippen molar-refractivity contribution in [2.24, 2.45) is 0 Å². The van der Waals surface area contributed by atoms with Gasteiger partial charge >= 0.3 is 0 Å². The Hall–Kier alpha value is -3.40. The molecule has 0 unspecified atom stereocenters. The van der Waals surface area contributed by atoms with E-state index < -0.39 is 0 Å². The Morgan fingerprint density at radius 1 is 0.676 bits per heavy atom. The van der Waals surface area contributed by atoms with Gasteiger partial charge in [0.15, 0.2) is 5.82 Å². The van der Waals surface area contributed by atoms with Gasteiger partial charge in [0.2, 0.25) is 0 Å². The van der Waals surface area contributed by atoms with Crippen molar-refractivity contribution in [3.63, 3.8) is 0 Å². The van der Waals surface area contributed by atoms with Crippen LogP contribution in [0.3, 0.4) is 0 Å². The van der Waals surface area contributed by atoms with Crippen molar-refractivity contribution in [2.75, 3.05) is 4.90 Å². The van der Waals surface area contributed by atoms with Crippen LogP contribution in [0.25, 0.3) is 11.4 Å². The first-order valence-electron chi connectivity index (χ1n) is 12.7. The van der Waals surface area contributed by atoms with Gasteiger partial charge < -0.3 is 4.90 Å². The molecule has 0 saturated heterocycles. The van der Waals surface area contributed by atoms with Gasteiger partial charge in [-0.05, 0) is 42.7 Å². The molecule has 4 heteroatoms. The summed E-state index contributed by atoms with van der Waals surface area (Å²) in [4.78, 5) is 6.83. The molecule has 0 aliphatic rings. The number of unbranched alkanes of at least 4 members (excludes halogenated alkanes) is 6. The normalized spacial score (nSPS) is 11.0. The summed E-state index contributed by atoms with van der Waals surface area (Å²) >= 11 is 0. The molecule has 0 N–H and O–H groups in total. The summed E-state index contributed by atoms with van der Waals surface area (Å²) in [7, 11) is 0. The van der Waals surface area contributed by atoms with Crippen LogP contribution in [0.4, 0.5) is 11.4 Å². The molecule has 0 bridgehead atoms. The minimum atomic E-state index is 0.595. The number of aromatic nitrogens is 3. The maximum absolute atomic E-state index is 4.78. The minimum absolute atomic E-state index is 0.595. The lowest BCUT2D eigenvalue weighted by Gasteiger charge is -2.24. The summed E-state index contributed by atoms with van der Waals surface area (Å²) in [5, 5.41) is 4.78. The number of nitrogens with zero attached hydrogens (tertiary/aromatic N) is 4. The van der Waals surface area contributed by atoms with E-state index in [0.717, 1.165) is 29.2 Å². The fraction of sp³-hybridized carbons (Fsp3) is 0.333. The fourth-order valence-corrected chi connectivity index (χ4v) is 4.27. The van der Waals surface area contributed by atoms with E-state index in [-0.39, 0.29) is 0 Å². The molecule has 0 atom stereocenters. The number of hydrogen-bond acceptors (Lipinski definition) is 3. The van der Waals surface area contributed by atoms with E-state index in [0.29, 0.717) is 6.67 Å². The van der Waals surface area contributed by atoms with Crippen LogP contribution in [0, 0.1) is 0 Å². The van der Waals surface area contributed by atoms with Gasteiger partial charge in [0.05, 0.1) is 0 Å². The molecule has 0 saturated carbocycles. The molecule has 3 aromatic carbocycles. The summed E-state index contributed by atoms with van der Waals surface area (Å²) in [5.41, 5.74) is 4.71. The summed E-state index contributed by atoms with van der Waals surface area (Å²) < 4.78 is 1.90. The Balaban J connectivity index is 1.36. The predicted molar refractivity (Wildman–Crippen MR) is 142 cm³/mol. The van der Waals surface area contributed by atoms with Gasteiger partial charge in [-0.25, -0.2) is 9.67 Å². The highest BCUT2D eigenvalue weighted by Crippen LogP contribution is 2.26. The number of aryl methyl sites for hydroxylation is 1. The van der Waals surface area contributed by atoms with Crippen molar-refractivity contribution in [2.45, 2.75) is 65.0 Å². The third-order valence-corrected chi connectivity index (χ3v) is 6.24. The Morgan fingerprint density at radius 2 is 1.26 bits per heavy atom. The minimum Gasteiger partial charge on any atom is -0.321 e. The van der Waals surface area contributed by atoms with E-state index in [2.05, 4.69) is 89.6 Å². The Morgan fingerprint density at radius 3 is 1.88 bits per heavy atom. The smallest absolute Gasteiger partial charge is 0.181 e. The number of hydrogen-bond donors (Lipinski definition) is 0. The molecule has 1 heterocycles. The third-order valence-electron chi connectivity index (χ3n) is 6.24. The monoisotopic (exact) mass is 452 g/mol. The van der Waals surface area contributed by atoms with E-state index in [1.54, 1.807) is 0 Å². The maximum Gasteiger partial charge on any atom is 0.181 e. The predicted octanol–water partition coefficient (Wildman–Crippen LogP) is 8.03. The van der Waals surface area contributed by atoms with E-state index in [4.69, 9.17) is 5.10 Å². The molecule has 1 aromatic heterocycles. The zero-order valence-corrected chi connectivity index (χ0v) is 20.3. The fourth-order valence-electron chi connectivity index (χ4n) is 4.27. The average molecular weight is 453 g/mol. The molecule has 34 heavy (non-hydrogen) atoms. The number of rotatable bonds is 13. The highest BCUT2D eigenvalue weighted by molar-refractivity contribution is 5.62. The van der Waals surface area contributed by atoms with Crippen molar-refractivity contribution in [3.05, 3.63) is 96.8 Å². The van der Waals surface area contributed by atoms with Gasteiger partial charge in [-0.15, -0.1) is 5.10 Å². The van der Waals surface area contributed by atoms with E-state index >= 15 is 0 Å². The lowest BCUT2D eigenvalue weighted by Crippen LogP contribution is -2.21. The van der Waals surface area contributed by atoms with Crippen LogP contribution < -0.4 is 4.90 Å². The first kappa shape index (κ1) is 23.7. The van der Waals surface area contributed by atoms with Gasteiger partial charge in [-0.2, -0.15) is 0 Å². The molecule has 0 amide bonds. The highest BCUT2D eigenvalue weighted by Gasteiger charge is 2.12. The second-order valence-electron chi connectivity index (χ2n) is 8.92. The molecular weight excluding hydrogens is 416 g/mol. The molecule has 4 rings (SSSR count). The number of para-hydroxylation sites is 2. The summed E-state index contributed by atoms with van der Waals surface area (Å²) in [6, 6.07) is 29.6. The second kappa shape index (κ2) is 12.7. The van der Waals surface area contributed by atoms with E-state index in [1.165, 1.54) is 50.5 Å². The van der Waals surface area contributed by atoms with Crippen molar-refractivity contribution in [1.82, 2.24) is 14.8 Å². The SMILES string of the molecule is CCCCCCCCCc1ccc(-c2ncn(CN(c3ccccc3)c3ccccc3)n2)cc1. The first-order chi connectivity index (χ1) is 16.8. The van der Waals surface area contributed by atoms with Gasteiger partial charge in [-0.3, -0.25) is 0 Å². The number of anilines is 2. The molecule has 0 fully saturated rings. The maximum atomic E-state index is 4.78. The van der Waals surface area contributed by atoms with Crippen molar-refractivity contribution in [3.8, 4) is 11.4 Å². The average Bonchev–Trinajstić information content (AvgIpc) is 3.37. The Labute approximate surface area is 204 Å². The number of benzene rings is 3. The zero-order chi connectivity index (χ0) is 23.4. The van der Waals surface area contributed by atoms with Crippen molar-refractivity contribution >= 4 is 11.4 Å². The van der Waals surface area contributed by atoms with Crippen LogP contribution in [-0.4, -0.2) is 14.8 Å². The van der Waals surface area contributed by atoms with Gasteiger partial charge in [0.25, 0.3) is 0 Å². The summed E-state index contributed by atoms with van der Waals surface area (Å²) in [6.45, 7) is 2.87. The first-order valence-corrected chi connectivity index (χ1v) is 12.7. The van der Waals surface area contributed by atoms with Gasteiger partial charge in [0.1, 0.15) is 13.0 Å². The molecular formula is C30H36N4. The second-order valence-corrected chi connectivity index (χ2v) is 8.92. The summed E-state index contributed by atoms with van der Waals surface area (Å²) in [5.74, 6) is 0.767. The zero-order valence-electron chi connectivity index (χ0n) is 20.3. The molecule has 0 spiro atoms. The standard InChI is InChI=1S/C30H36N4/c1-2-3-4-5-6-7-10-15-26-20-22-27(23-21-26)30-31-24-33(32-30)25-34(28-16-11-8-12-17-28)29-18-13-9-14-19-29/h8-9,11-14,16-24H,2-7,10,15,25H2,1H3. The quantitative estimate of drug-likeness (QED) is 0.193. The van der Waals surface area contributed by atoms with Crippen molar-refractivity contribution < 1.29 is 0 Å². The van der Waals surface area contributed by atoms with Crippen LogP contribution >= 0.6 is 0 Å². The van der Waals surface area contributed by atoms with Crippen LogP contribution in [0.5, 0.6) is 0 Å². The molecule has 4 aromatic rings. The Bertz CT molecular complexity index is 1050. The van der Waals surface area contributed by atoms with Crippen LogP contribution in [0.2, 0.25) is 0 Å². The van der Waals surface area contributed by atoms with E-state index in [9.17, 15) is 0 Å². The van der Waals surface area contributed by atoms with Gasteiger partial charge in [-0.1, -0.05) is 106 Å². The van der Waals surface area contributed by atoms with E-state index in [1.807, 2.05) is 23.1 Å². The van der Waals surface area contributed by atoms with Gasteiger partial charge in [0, 0.05) is 16.9 Å². The summed E-state index contributed by atoms with van der Waals surface area (Å²) in [6.07, 6.45) is 12.4. The molecule has 0 aliphatic heterocycles. The lowest BCUT2D eigenvalue weighted by atomic mass is 10.0. The third kappa shape index (κ3) is 6.80. The molecule has 0 radical (unpaired) electrons. The van der Waals surface area contributed by atoms with Crippen LogP contribution in [0.1, 0.15) is 57.4 Å². The Kier molecular flexibility index (Phi) is 8.90. The largest absolute Gasteiger partial charge is 0.321 e. The molecule has 0 aliphatic carbocycles. The van der Waals surface area contributed by atoms with Crippen molar-refractivity contribution in [1.29, 1.82) is 0 Å². The van der Waals surface area contributed by atoms with Crippen LogP contribution in [0.15, 0.2) is 91.3 Å². The highest BCUT2D eigenvalue weighted by atomic mass is 15.4. The molecule has 4 nitrogen and oxygen atoms in total. The lowest BCUT2D eigenvalue weighted by molar-refractivity contribution is 0.589.